The van der Waals surface area contributed by atoms with Crippen molar-refractivity contribution in [3.63, 3.8) is 0 Å². The van der Waals surface area contributed by atoms with Crippen LogP contribution in [-0.4, -0.2) is 13.3 Å². The van der Waals surface area contributed by atoms with E-state index in [1.165, 1.54) is 0 Å². The van der Waals surface area contributed by atoms with E-state index in [1.54, 1.807) is 0 Å². The van der Waals surface area contributed by atoms with E-state index in [0.717, 1.165) is 19.2 Å². The van der Waals surface area contributed by atoms with Gasteiger partial charge in [-0.05, 0) is 17.7 Å². The monoisotopic (exact) mass is 323 g/mol. The van der Waals surface area contributed by atoms with Crippen molar-refractivity contribution in [1.82, 2.24) is 0 Å². The molecule has 1 aromatic rings. The second kappa shape index (κ2) is 6.53. The molecule has 0 spiro atoms. The normalized spacial score (nSPS) is 13.6. The van der Waals surface area contributed by atoms with Crippen molar-refractivity contribution in [1.29, 1.82) is 0 Å². The molecule has 0 unspecified atom stereocenters. The van der Waals surface area contributed by atoms with Gasteiger partial charge in [-0.2, -0.15) is 26.3 Å². The molecule has 0 aromatic heterocycles. The summed E-state index contributed by atoms with van der Waals surface area (Å²) in [6.45, 7) is 0. The van der Waals surface area contributed by atoms with Crippen molar-refractivity contribution in [3.05, 3.63) is 29.3 Å². The molecule has 0 bridgehead atoms. The highest BCUT2D eigenvalue weighted by atomic mass is 35.5. The van der Waals surface area contributed by atoms with Crippen LogP contribution in [0.4, 0.5) is 26.3 Å². The molecule has 0 heterocycles. The van der Waals surface area contributed by atoms with Crippen molar-refractivity contribution < 1.29 is 31.1 Å². The van der Waals surface area contributed by atoms with Crippen molar-refractivity contribution in [2.75, 3.05) is 7.11 Å². The lowest BCUT2D eigenvalue weighted by Gasteiger charge is -2.20. The fourth-order valence-electron chi connectivity index (χ4n) is 1.59. The molecule has 0 radical (unpaired) electrons. The quantitative estimate of drug-likeness (QED) is 0.850. The first-order chi connectivity index (χ1) is 8.54. The van der Waals surface area contributed by atoms with Crippen LogP contribution in [0.15, 0.2) is 18.2 Å². The molecular formula is C11H12ClF6NO. The Morgan fingerprint density at radius 1 is 1.15 bits per heavy atom. The average Bonchev–Trinajstić information content (AvgIpc) is 2.24. The van der Waals surface area contributed by atoms with Gasteiger partial charge in [0.05, 0.1) is 19.1 Å². The molecule has 1 atom stereocenters. The van der Waals surface area contributed by atoms with E-state index >= 15 is 0 Å². The summed E-state index contributed by atoms with van der Waals surface area (Å²) in [5.74, 6) is -0.102. The van der Waals surface area contributed by atoms with Gasteiger partial charge in [0.1, 0.15) is 5.75 Å². The molecule has 9 heteroatoms. The highest BCUT2D eigenvalue weighted by Gasteiger charge is 2.38. The van der Waals surface area contributed by atoms with E-state index in [-0.39, 0.29) is 18.2 Å². The fourth-order valence-corrected chi connectivity index (χ4v) is 1.59. The predicted molar refractivity (Wildman–Crippen MR) is 62.8 cm³/mol. The minimum absolute atomic E-state index is 0. The Labute approximate surface area is 117 Å². The van der Waals surface area contributed by atoms with Gasteiger partial charge in [0.25, 0.3) is 0 Å². The van der Waals surface area contributed by atoms with Crippen LogP contribution >= 0.6 is 12.4 Å². The van der Waals surface area contributed by atoms with E-state index in [4.69, 9.17) is 5.73 Å². The molecule has 20 heavy (non-hydrogen) atoms. The average molecular weight is 324 g/mol. The Morgan fingerprint density at radius 3 is 2.10 bits per heavy atom. The van der Waals surface area contributed by atoms with E-state index in [2.05, 4.69) is 4.74 Å². The number of alkyl halides is 6. The van der Waals surface area contributed by atoms with Gasteiger partial charge in [-0.1, -0.05) is 6.07 Å². The SMILES string of the molecule is COc1ccc([C@H](N)CC(F)(F)F)c(C(F)(F)F)c1.Cl. The van der Waals surface area contributed by atoms with Crippen LogP contribution in [0.5, 0.6) is 5.75 Å². The van der Waals surface area contributed by atoms with Crippen LogP contribution in [0.2, 0.25) is 0 Å². The standard InChI is InChI=1S/C11H11F6NO.ClH/c1-19-6-2-3-7(8(4-6)11(15,16)17)9(18)5-10(12,13)14;/h2-4,9H,5,18H2,1H3;1H/t9-;/m1./s1. The first-order valence-electron chi connectivity index (χ1n) is 5.12. The zero-order chi connectivity index (χ0) is 14.8. The second-order valence-corrected chi connectivity index (χ2v) is 3.88. The third-order valence-electron chi connectivity index (χ3n) is 2.42. The maximum Gasteiger partial charge on any atom is 0.416 e. The molecular weight excluding hydrogens is 312 g/mol. The molecule has 1 aromatic carbocycles. The van der Waals surface area contributed by atoms with E-state index in [0.29, 0.717) is 6.07 Å². The first-order valence-corrected chi connectivity index (χ1v) is 5.12. The molecule has 2 nitrogen and oxygen atoms in total. The smallest absolute Gasteiger partial charge is 0.416 e. The van der Waals surface area contributed by atoms with Gasteiger partial charge in [0, 0.05) is 6.04 Å². The summed E-state index contributed by atoms with van der Waals surface area (Å²) < 4.78 is 79.5. The third-order valence-corrected chi connectivity index (χ3v) is 2.42. The molecule has 116 valence electrons. The first kappa shape index (κ1) is 18.9. The van der Waals surface area contributed by atoms with E-state index in [1.807, 2.05) is 0 Å². The predicted octanol–water partition coefficient (Wildman–Crippen LogP) is 4.09. The van der Waals surface area contributed by atoms with Crippen LogP contribution in [0, 0.1) is 0 Å². The zero-order valence-electron chi connectivity index (χ0n) is 10.2. The van der Waals surface area contributed by atoms with Gasteiger partial charge in [-0.25, -0.2) is 0 Å². The summed E-state index contributed by atoms with van der Waals surface area (Å²) in [6.07, 6.45) is -11.0. The van der Waals surface area contributed by atoms with Crippen LogP contribution in [0.3, 0.4) is 0 Å². The van der Waals surface area contributed by atoms with Gasteiger partial charge in [0.2, 0.25) is 0 Å². The summed E-state index contributed by atoms with van der Waals surface area (Å²) in [5.41, 5.74) is 3.38. The highest BCUT2D eigenvalue weighted by molar-refractivity contribution is 5.85. The number of halogens is 7. The van der Waals surface area contributed by atoms with Gasteiger partial charge in [-0.15, -0.1) is 12.4 Å². The summed E-state index contributed by atoms with van der Waals surface area (Å²) in [4.78, 5) is 0. The topological polar surface area (TPSA) is 35.2 Å². The van der Waals surface area contributed by atoms with Crippen molar-refractivity contribution in [2.24, 2.45) is 5.73 Å². The van der Waals surface area contributed by atoms with Gasteiger partial charge >= 0.3 is 12.4 Å². The van der Waals surface area contributed by atoms with Crippen LogP contribution in [0.1, 0.15) is 23.6 Å². The maximum absolute atomic E-state index is 12.8. The largest absolute Gasteiger partial charge is 0.497 e. The summed E-state index contributed by atoms with van der Waals surface area (Å²) in [6, 6.07) is 0.896. The molecule has 0 aliphatic carbocycles. The number of benzene rings is 1. The summed E-state index contributed by atoms with van der Waals surface area (Å²) in [5, 5.41) is 0. The van der Waals surface area contributed by atoms with E-state index < -0.39 is 35.9 Å². The lowest BCUT2D eigenvalue weighted by Crippen LogP contribution is -2.23. The number of nitrogens with two attached hydrogens (primary N) is 1. The van der Waals surface area contributed by atoms with Gasteiger partial charge in [0.15, 0.2) is 0 Å². The van der Waals surface area contributed by atoms with Crippen molar-refractivity contribution in [2.45, 2.75) is 24.8 Å². The Hall–Kier alpha value is -1.15. The molecule has 0 saturated carbocycles. The number of hydrogen-bond donors (Lipinski definition) is 1. The number of rotatable bonds is 3. The summed E-state index contributed by atoms with van der Waals surface area (Å²) >= 11 is 0. The minimum Gasteiger partial charge on any atom is -0.497 e. The zero-order valence-corrected chi connectivity index (χ0v) is 11.0. The van der Waals surface area contributed by atoms with Crippen LogP contribution < -0.4 is 10.5 Å². The van der Waals surface area contributed by atoms with Crippen LogP contribution in [-0.2, 0) is 6.18 Å². The summed E-state index contributed by atoms with van der Waals surface area (Å²) in [7, 11) is 1.16. The third kappa shape index (κ3) is 5.09. The Kier molecular flexibility index (Phi) is 6.16. The Balaban J connectivity index is 0.00000361. The molecule has 0 fully saturated rings. The molecule has 0 aliphatic rings. The Bertz CT molecular complexity index is 446. The lowest BCUT2D eigenvalue weighted by molar-refractivity contribution is -0.144. The van der Waals surface area contributed by atoms with Crippen molar-refractivity contribution in [3.8, 4) is 5.75 Å². The second-order valence-electron chi connectivity index (χ2n) is 3.88. The van der Waals surface area contributed by atoms with Crippen molar-refractivity contribution >= 4 is 12.4 Å². The van der Waals surface area contributed by atoms with Gasteiger partial charge in [-0.3, -0.25) is 0 Å². The molecule has 0 aliphatic heterocycles. The number of hydrogen-bond acceptors (Lipinski definition) is 2. The number of methoxy groups -OCH3 is 1. The Morgan fingerprint density at radius 2 is 1.70 bits per heavy atom. The molecule has 1 rings (SSSR count). The minimum atomic E-state index is -4.80. The van der Waals surface area contributed by atoms with Gasteiger partial charge < -0.3 is 10.5 Å². The maximum atomic E-state index is 12.8. The van der Waals surface area contributed by atoms with E-state index in [9.17, 15) is 26.3 Å². The fraction of sp³-hybridized carbons (Fsp3) is 0.455. The molecule has 0 saturated heterocycles. The van der Waals surface area contributed by atoms with Crippen LogP contribution in [0.25, 0.3) is 0 Å². The lowest BCUT2D eigenvalue weighted by atomic mass is 9.97. The number of ether oxygens (including phenoxy) is 1. The molecule has 0 amide bonds. The highest BCUT2D eigenvalue weighted by Crippen LogP contribution is 2.38. The molecule has 2 N–H and O–H groups in total.